The summed E-state index contributed by atoms with van der Waals surface area (Å²) in [5.74, 6) is 6.37. The lowest BCUT2D eigenvalue weighted by atomic mass is 10.1. The first-order chi connectivity index (χ1) is 10.4. The van der Waals surface area contributed by atoms with Crippen molar-refractivity contribution in [2.75, 3.05) is 6.61 Å². The van der Waals surface area contributed by atoms with E-state index in [4.69, 9.17) is 5.11 Å². The van der Waals surface area contributed by atoms with E-state index >= 15 is 0 Å². The van der Waals surface area contributed by atoms with Crippen LogP contribution in [0, 0.1) is 11.8 Å². The van der Waals surface area contributed by atoms with Crippen molar-refractivity contribution in [1.82, 2.24) is 14.6 Å². The smallest absolute Gasteiger partial charge is 0.195 e. The Labute approximate surface area is 126 Å². The van der Waals surface area contributed by atoms with Gasteiger partial charge in [0.05, 0.1) is 0 Å². The van der Waals surface area contributed by atoms with Gasteiger partial charge in [-0.3, -0.25) is 4.40 Å². The van der Waals surface area contributed by atoms with E-state index in [1.807, 2.05) is 47.0 Å². The number of hydrogen-bond acceptors (Lipinski definition) is 4. The average molecular weight is 295 g/mol. The number of aliphatic hydroxyl groups excluding tert-OH is 1. The molecular formula is C16H13N3OS. The molecule has 0 atom stereocenters. The molecule has 21 heavy (non-hydrogen) atoms. The van der Waals surface area contributed by atoms with Crippen molar-refractivity contribution in [1.29, 1.82) is 0 Å². The molecule has 0 bridgehead atoms. The number of pyridine rings is 1. The maximum atomic E-state index is 8.73. The zero-order valence-electron chi connectivity index (χ0n) is 11.2. The lowest BCUT2D eigenvalue weighted by Gasteiger charge is -2.01. The third-order valence-electron chi connectivity index (χ3n) is 2.89. The lowest BCUT2D eigenvalue weighted by molar-refractivity contribution is 0.350. The number of fused-ring (bicyclic) bond motifs is 1. The number of aromatic nitrogens is 3. The van der Waals surface area contributed by atoms with Gasteiger partial charge in [0.2, 0.25) is 0 Å². The Bertz CT molecular complexity index is 817. The number of nitrogens with zero attached hydrogens (tertiary/aromatic N) is 3. The molecule has 0 saturated heterocycles. The second kappa shape index (κ2) is 6.44. The van der Waals surface area contributed by atoms with Crippen molar-refractivity contribution in [2.45, 2.75) is 10.9 Å². The fourth-order valence-electron chi connectivity index (χ4n) is 1.95. The highest BCUT2D eigenvalue weighted by Gasteiger charge is 2.05. The monoisotopic (exact) mass is 295 g/mol. The molecule has 0 aliphatic heterocycles. The van der Waals surface area contributed by atoms with Crippen LogP contribution in [-0.4, -0.2) is 26.3 Å². The summed E-state index contributed by atoms with van der Waals surface area (Å²) in [5.41, 5.74) is 2.92. The highest BCUT2D eigenvalue weighted by atomic mass is 32.2. The normalized spacial score (nSPS) is 10.3. The lowest BCUT2D eigenvalue weighted by Crippen LogP contribution is -1.88. The fourth-order valence-corrected chi connectivity index (χ4v) is 2.81. The van der Waals surface area contributed by atoms with Gasteiger partial charge in [-0.2, -0.15) is 0 Å². The van der Waals surface area contributed by atoms with Crippen molar-refractivity contribution in [3.8, 4) is 11.8 Å². The highest BCUT2D eigenvalue weighted by Crippen LogP contribution is 2.21. The van der Waals surface area contributed by atoms with Gasteiger partial charge in [0, 0.05) is 17.5 Å². The second-order valence-electron chi connectivity index (χ2n) is 4.36. The van der Waals surface area contributed by atoms with E-state index < -0.39 is 0 Å². The van der Waals surface area contributed by atoms with Crippen LogP contribution in [0.25, 0.3) is 5.65 Å². The van der Waals surface area contributed by atoms with Gasteiger partial charge in [-0.1, -0.05) is 41.8 Å². The van der Waals surface area contributed by atoms with Crippen LogP contribution in [0.5, 0.6) is 0 Å². The molecule has 5 heteroatoms. The summed E-state index contributed by atoms with van der Waals surface area (Å²) in [6.45, 7) is -0.120. The van der Waals surface area contributed by atoms with Crippen molar-refractivity contribution in [3.63, 3.8) is 0 Å². The Hall–Kier alpha value is -2.29. The van der Waals surface area contributed by atoms with Gasteiger partial charge in [0.25, 0.3) is 0 Å². The van der Waals surface area contributed by atoms with Crippen LogP contribution in [0.2, 0.25) is 0 Å². The quantitative estimate of drug-likeness (QED) is 0.595. The maximum absolute atomic E-state index is 8.73. The third-order valence-corrected chi connectivity index (χ3v) is 3.90. The van der Waals surface area contributed by atoms with Crippen molar-refractivity contribution >= 4 is 17.4 Å². The molecule has 3 rings (SSSR count). The van der Waals surface area contributed by atoms with E-state index in [9.17, 15) is 0 Å². The summed E-state index contributed by atoms with van der Waals surface area (Å²) in [4.78, 5) is 0. The van der Waals surface area contributed by atoms with Crippen molar-refractivity contribution in [3.05, 3.63) is 59.8 Å². The third kappa shape index (κ3) is 3.24. The number of rotatable bonds is 3. The molecule has 4 nitrogen and oxygen atoms in total. The molecule has 2 aromatic heterocycles. The van der Waals surface area contributed by atoms with Gasteiger partial charge in [-0.05, 0) is 29.8 Å². The minimum atomic E-state index is -0.120. The first-order valence-electron chi connectivity index (χ1n) is 6.48. The summed E-state index contributed by atoms with van der Waals surface area (Å²) < 4.78 is 1.97. The molecule has 0 unspecified atom stereocenters. The largest absolute Gasteiger partial charge is 0.384 e. The van der Waals surface area contributed by atoms with E-state index in [1.54, 1.807) is 11.8 Å². The zero-order valence-corrected chi connectivity index (χ0v) is 12.0. The summed E-state index contributed by atoms with van der Waals surface area (Å²) in [6.07, 6.45) is 1.96. The molecule has 2 heterocycles. The van der Waals surface area contributed by atoms with Crippen molar-refractivity contribution < 1.29 is 5.11 Å². The number of thioether (sulfide) groups is 1. The molecule has 0 saturated carbocycles. The van der Waals surface area contributed by atoms with Gasteiger partial charge < -0.3 is 5.11 Å². The predicted octanol–water partition coefficient (Wildman–Crippen LogP) is 2.37. The Morgan fingerprint density at radius 2 is 2.10 bits per heavy atom. The van der Waals surface area contributed by atoms with E-state index in [1.165, 1.54) is 0 Å². The Kier molecular flexibility index (Phi) is 4.20. The molecule has 0 radical (unpaired) electrons. The van der Waals surface area contributed by atoms with Crippen LogP contribution in [-0.2, 0) is 5.75 Å². The molecule has 1 aromatic carbocycles. The van der Waals surface area contributed by atoms with Gasteiger partial charge >= 0.3 is 0 Å². The molecule has 0 aliphatic carbocycles. The Morgan fingerprint density at radius 1 is 1.14 bits per heavy atom. The molecule has 0 aliphatic rings. The van der Waals surface area contributed by atoms with Crippen molar-refractivity contribution in [2.24, 2.45) is 0 Å². The summed E-state index contributed by atoms with van der Waals surface area (Å²) >= 11 is 1.63. The SMILES string of the molecule is OCC#Cc1cccc(CSc2nnc3ccccn23)c1. The maximum Gasteiger partial charge on any atom is 0.195 e. The van der Waals surface area contributed by atoms with Crippen LogP contribution >= 0.6 is 11.8 Å². The summed E-state index contributed by atoms with van der Waals surface area (Å²) in [5, 5.41) is 17.9. The fraction of sp³-hybridized carbons (Fsp3) is 0.125. The van der Waals surface area contributed by atoms with Crippen LogP contribution < -0.4 is 0 Å². The molecule has 1 N–H and O–H groups in total. The summed E-state index contributed by atoms with van der Waals surface area (Å²) in [6, 6.07) is 13.8. The minimum Gasteiger partial charge on any atom is -0.384 e. The van der Waals surface area contributed by atoms with Gasteiger partial charge in [-0.15, -0.1) is 10.2 Å². The van der Waals surface area contributed by atoms with E-state index in [2.05, 4.69) is 28.1 Å². The minimum absolute atomic E-state index is 0.120. The molecule has 3 aromatic rings. The van der Waals surface area contributed by atoms with Crippen LogP contribution in [0.4, 0.5) is 0 Å². The molecular weight excluding hydrogens is 282 g/mol. The van der Waals surface area contributed by atoms with Gasteiger partial charge in [-0.25, -0.2) is 0 Å². The topological polar surface area (TPSA) is 50.4 Å². The molecule has 0 amide bonds. The number of aliphatic hydroxyl groups is 1. The molecule has 0 spiro atoms. The van der Waals surface area contributed by atoms with E-state index in [-0.39, 0.29) is 6.61 Å². The molecule has 0 fully saturated rings. The first-order valence-corrected chi connectivity index (χ1v) is 7.46. The zero-order chi connectivity index (χ0) is 14.5. The number of hydrogen-bond donors (Lipinski definition) is 1. The van der Waals surface area contributed by atoms with Crippen LogP contribution in [0.3, 0.4) is 0 Å². The standard InChI is InChI=1S/C16H13N3OS/c20-10-4-7-13-5-3-6-14(11-13)12-21-16-18-17-15-8-1-2-9-19(15)16/h1-3,5-6,8-9,11,20H,10,12H2. The van der Waals surface area contributed by atoms with E-state index in [0.29, 0.717) is 0 Å². The average Bonchev–Trinajstić information content (AvgIpc) is 2.95. The Balaban J connectivity index is 1.75. The van der Waals surface area contributed by atoms with Crippen LogP contribution in [0.15, 0.2) is 53.8 Å². The second-order valence-corrected chi connectivity index (χ2v) is 5.30. The van der Waals surface area contributed by atoms with Gasteiger partial charge in [0.15, 0.2) is 10.8 Å². The molecule has 104 valence electrons. The van der Waals surface area contributed by atoms with Crippen LogP contribution in [0.1, 0.15) is 11.1 Å². The van der Waals surface area contributed by atoms with E-state index in [0.717, 1.165) is 27.7 Å². The number of benzene rings is 1. The predicted molar refractivity (Wildman–Crippen MR) is 83.0 cm³/mol. The highest BCUT2D eigenvalue weighted by molar-refractivity contribution is 7.98. The first kappa shape index (κ1) is 13.7. The Morgan fingerprint density at radius 3 is 3.00 bits per heavy atom. The summed E-state index contributed by atoms with van der Waals surface area (Å²) in [7, 11) is 0. The van der Waals surface area contributed by atoms with Gasteiger partial charge in [0.1, 0.15) is 6.61 Å².